The summed E-state index contributed by atoms with van der Waals surface area (Å²) in [7, 11) is 1.71. The van der Waals surface area contributed by atoms with E-state index in [1.807, 2.05) is 0 Å². The molecule has 1 heterocycles. The second kappa shape index (κ2) is 15.2. The van der Waals surface area contributed by atoms with Crippen LogP contribution in [0, 0.1) is 12.7 Å². The van der Waals surface area contributed by atoms with Gasteiger partial charge in [-0.25, -0.2) is 4.39 Å². The van der Waals surface area contributed by atoms with Gasteiger partial charge in [-0.2, -0.15) is 26.3 Å². The molecule has 232 valence electrons. The molecule has 2 aromatic rings. The van der Waals surface area contributed by atoms with Crippen LogP contribution in [0.2, 0.25) is 0 Å². The molecule has 42 heavy (non-hydrogen) atoms. The summed E-state index contributed by atoms with van der Waals surface area (Å²) in [6, 6.07) is 7.47. The number of amides is 2. The smallest absolute Gasteiger partial charge is 0.385 e. The molecule has 2 amide bonds. The molecule has 12 heteroatoms. The summed E-state index contributed by atoms with van der Waals surface area (Å²) in [5.41, 5.74) is 0.00905. The predicted octanol–water partition coefficient (Wildman–Crippen LogP) is 7.18. The van der Waals surface area contributed by atoms with Crippen molar-refractivity contribution in [3.63, 3.8) is 0 Å². The van der Waals surface area contributed by atoms with Crippen LogP contribution in [-0.2, 0) is 27.0 Å². The number of likely N-dealkylation sites (tertiary alicyclic amines) is 1. The molecule has 1 aliphatic rings. The number of halogens is 7. The van der Waals surface area contributed by atoms with Crippen LogP contribution in [0.1, 0.15) is 66.8 Å². The van der Waals surface area contributed by atoms with Gasteiger partial charge in [0.25, 0.3) is 5.91 Å². The van der Waals surface area contributed by atoms with Crippen molar-refractivity contribution in [2.24, 2.45) is 0 Å². The molecule has 1 N–H and O–H groups in total. The lowest BCUT2D eigenvalue weighted by atomic mass is 9.87. The Hall–Kier alpha value is -3.41. The van der Waals surface area contributed by atoms with Crippen molar-refractivity contribution in [2.45, 2.75) is 64.8 Å². The Balaban J connectivity index is 0.00000113. The summed E-state index contributed by atoms with van der Waals surface area (Å²) < 4.78 is 96.5. The standard InChI is InChI=1S/C26H25F7N2O2.C4H10O/c1-3-18(19-5-4-6-21(15(19)2)25(28,29)30)23(36)35-11-9-17(10-12-35)20-13-16(7-8-22(20)27)14-34-24(37)26(31,32)33;1-3-4-5-2/h3-8,13,17H,9-12,14H2,1-2H3,(H,34,37);3-4H2,1-2H3/b18-3+;. The lowest BCUT2D eigenvalue weighted by molar-refractivity contribution is -0.173. The van der Waals surface area contributed by atoms with E-state index in [0.29, 0.717) is 18.4 Å². The van der Waals surface area contributed by atoms with E-state index >= 15 is 0 Å². The van der Waals surface area contributed by atoms with Gasteiger partial charge in [-0.3, -0.25) is 9.59 Å². The number of nitrogens with one attached hydrogen (secondary N) is 1. The molecular weight excluding hydrogens is 569 g/mol. The molecule has 0 saturated carbocycles. The fourth-order valence-electron chi connectivity index (χ4n) is 4.70. The van der Waals surface area contributed by atoms with E-state index in [4.69, 9.17) is 4.74 Å². The number of carbonyl (C=O) groups is 2. The Labute approximate surface area is 240 Å². The highest BCUT2D eigenvalue weighted by atomic mass is 19.4. The number of alkyl halides is 6. The largest absolute Gasteiger partial charge is 0.471 e. The van der Waals surface area contributed by atoms with Crippen LogP contribution in [0.4, 0.5) is 30.7 Å². The monoisotopic (exact) mass is 604 g/mol. The van der Waals surface area contributed by atoms with E-state index in [2.05, 4.69) is 6.92 Å². The number of allylic oxidation sites excluding steroid dienone is 1. The molecule has 2 aromatic carbocycles. The Morgan fingerprint density at radius 3 is 2.21 bits per heavy atom. The molecular formula is C30H35F7N2O3. The van der Waals surface area contributed by atoms with Crippen LogP contribution in [0.15, 0.2) is 42.5 Å². The summed E-state index contributed by atoms with van der Waals surface area (Å²) in [6.45, 7) is 5.86. The maximum absolute atomic E-state index is 14.5. The topological polar surface area (TPSA) is 58.6 Å². The number of benzene rings is 2. The first-order valence-electron chi connectivity index (χ1n) is 13.4. The average Bonchev–Trinajstić information content (AvgIpc) is 2.93. The fourth-order valence-corrected chi connectivity index (χ4v) is 4.70. The van der Waals surface area contributed by atoms with E-state index in [-0.39, 0.29) is 41.3 Å². The number of rotatable bonds is 7. The lowest BCUT2D eigenvalue weighted by Crippen LogP contribution is -2.38. The van der Waals surface area contributed by atoms with Gasteiger partial charge in [0.1, 0.15) is 5.82 Å². The van der Waals surface area contributed by atoms with Crippen molar-refractivity contribution in [1.29, 1.82) is 0 Å². The summed E-state index contributed by atoms with van der Waals surface area (Å²) in [5, 5.41) is 1.75. The molecule has 0 aromatic heterocycles. The first-order valence-corrected chi connectivity index (χ1v) is 13.4. The molecule has 1 saturated heterocycles. The minimum Gasteiger partial charge on any atom is -0.385 e. The highest BCUT2D eigenvalue weighted by Gasteiger charge is 2.38. The summed E-state index contributed by atoms with van der Waals surface area (Å²) in [5.74, 6) is -3.41. The quantitative estimate of drug-likeness (QED) is 0.269. The van der Waals surface area contributed by atoms with Crippen LogP contribution in [-0.4, -0.2) is 49.7 Å². The van der Waals surface area contributed by atoms with Crippen LogP contribution in [0.5, 0.6) is 0 Å². The van der Waals surface area contributed by atoms with Crippen molar-refractivity contribution >= 4 is 17.4 Å². The Morgan fingerprint density at radius 2 is 1.71 bits per heavy atom. The van der Waals surface area contributed by atoms with Gasteiger partial charge in [0.15, 0.2) is 0 Å². The van der Waals surface area contributed by atoms with Gasteiger partial charge in [0, 0.05) is 38.9 Å². The van der Waals surface area contributed by atoms with Gasteiger partial charge in [-0.1, -0.05) is 37.3 Å². The number of methoxy groups -OCH3 is 1. The third-order valence-electron chi connectivity index (χ3n) is 6.85. The van der Waals surface area contributed by atoms with E-state index in [1.54, 1.807) is 19.4 Å². The molecule has 5 nitrogen and oxygen atoms in total. The van der Waals surface area contributed by atoms with E-state index in [9.17, 15) is 40.3 Å². The van der Waals surface area contributed by atoms with Crippen LogP contribution >= 0.6 is 0 Å². The van der Waals surface area contributed by atoms with Gasteiger partial charge in [-0.15, -0.1) is 0 Å². The minimum absolute atomic E-state index is 0.0529. The molecule has 3 rings (SSSR count). The molecule has 0 atom stereocenters. The highest BCUT2D eigenvalue weighted by Crippen LogP contribution is 2.36. The van der Waals surface area contributed by atoms with E-state index < -0.39 is 42.1 Å². The van der Waals surface area contributed by atoms with Gasteiger partial charge >= 0.3 is 18.3 Å². The molecule has 1 aliphatic heterocycles. The molecule has 0 bridgehead atoms. The fraction of sp³-hybridized carbons (Fsp3) is 0.467. The second-order valence-corrected chi connectivity index (χ2v) is 9.77. The van der Waals surface area contributed by atoms with Gasteiger partial charge in [0.05, 0.1) is 5.56 Å². The zero-order valence-corrected chi connectivity index (χ0v) is 23.9. The lowest BCUT2D eigenvalue weighted by Gasteiger charge is -2.33. The SMILES string of the molecule is C/C=C(/C(=O)N1CCC(c2cc(CNC(=O)C(F)(F)F)ccc2F)CC1)c1cccc(C(F)(F)F)c1C.CCCOC. The van der Waals surface area contributed by atoms with Gasteiger partial charge < -0.3 is 15.0 Å². The minimum atomic E-state index is -5.03. The Morgan fingerprint density at radius 1 is 1.07 bits per heavy atom. The molecule has 0 spiro atoms. The number of carbonyl (C=O) groups excluding carboxylic acids is 2. The van der Waals surface area contributed by atoms with Gasteiger partial charge in [-0.05, 0) is 73.4 Å². The second-order valence-electron chi connectivity index (χ2n) is 9.77. The predicted molar refractivity (Wildman–Crippen MR) is 145 cm³/mol. The first kappa shape index (κ1) is 34.8. The number of piperidine rings is 1. The van der Waals surface area contributed by atoms with E-state index in [1.165, 1.54) is 42.2 Å². The first-order chi connectivity index (χ1) is 19.6. The maximum Gasteiger partial charge on any atom is 0.471 e. The number of nitrogens with zero attached hydrogens (tertiary/aromatic N) is 1. The van der Waals surface area contributed by atoms with E-state index in [0.717, 1.165) is 25.2 Å². The number of hydrogen-bond acceptors (Lipinski definition) is 3. The highest BCUT2D eigenvalue weighted by molar-refractivity contribution is 6.19. The van der Waals surface area contributed by atoms with Crippen molar-refractivity contribution < 1.29 is 45.1 Å². The molecule has 1 fully saturated rings. The van der Waals surface area contributed by atoms with Gasteiger partial charge in [0.2, 0.25) is 0 Å². The van der Waals surface area contributed by atoms with Crippen molar-refractivity contribution in [3.8, 4) is 0 Å². The third-order valence-corrected chi connectivity index (χ3v) is 6.85. The maximum atomic E-state index is 14.5. The zero-order chi connectivity index (χ0) is 31.7. The molecule has 0 unspecified atom stereocenters. The van der Waals surface area contributed by atoms with Crippen molar-refractivity contribution in [2.75, 3.05) is 26.8 Å². The van der Waals surface area contributed by atoms with Crippen molar-refractivity contribution in [3.05, 3.63) is 76.1 Å². The van der Waals surface area contributed by atoms with Crippen LogP contribution < -0.4 is 5.32 Å². The van der Waals surface area contributed by atoms with Crippen LogP contribution in [0.3, 0.4) is 0 Å². The number of ether oxygens (including phenoxy) is 1. The normalized spacial score (nSPS) is 14.7. The Kier molecular flexibility index (Phi) is 12.6. The Bertz CT molecular complexity index is 1250. The molecule has 0 radical (unpaired) electrons. The summed E-state index contributed by atoms with van der Waals surface area (Å²) >= 11 is 0. The summed E-state index contributed by atoms with van der Waals surface area (Å²) in [4.78, 5) is 25.8. The zero-order valence-electron chi connectivity index (χ0n) is 23.9. The molecule has 0 aliphatic carbocycles. The number of hydrogen-bond donors (Lipinski definition) is 1. The average molecular weight is 605 g/mol. The van der Waals surface area contributed by atoms with Crippen LogP contribution in [0.25, 0.3) is 5.57 Å². The third kappa shape index (κ3) is 9.30. The van der Waals surface area contributed by atoms with Crippen molar-refractivity contribution in [1.82, 2.24) is 10.2 Å². The summed E-state index contributed by atoms with van der Waals surface area (Å²) in [6.07, 6.45) is -6.31.